The maximum atomic E-state index is 9.22. The van der Waals surface area contributed by atoms with Crippen molar-refractivity contribution in [2.75, 3.05) is 0 Å². The molecule has 0 bridgehead atoms. The van der Waals surface area contributed by atoms with Gasteiger partial charge in [0.2, 0.25) is 0 Å². The molecule has 3 aromatic heterocycles. The minimum absolute atomic E-state index is 0.361. The summed E-state index contributed by atoms with van der Waals surface area (Å²) in [5.74, 6) is 0.901. The maximum absolute atomic E-state index is 9.22. The van der Waals surface area contributed by atoms with Crippen molar-refractivity contribution in [3.8, 4) is 40.6 Å². The van der Waals surface area contributed by atoms with Crippen LogP contribution in [0.4, 0.5) is 5.69 Å². The molecule has 8 heteroatoms. The smallest absolute Gasteiger partial charge is 0.188 e. The highest BCUT2D eigenvalue weighted by atomic mass is 15.0. The zero-order valence-corrected chi connectivity index (χ0v) is 19.2. The molecule has 0 fully saturated rings. The van der Waals surface area contributed by atoms with Crippen LogP contribution in [0.2, 0.25) is 0 Å². The molecule has 0 saturated heterocycles. The third-order valence-electron chi connectivity index (χ3n) is 6.08. The van der Waals surface area contributed by atoms with Crippen LogP contribution < -0.4 is 0 Å². The number of fused-ring (bicyclic) bond motifs is 3. The summed E-state index contributed by atoms with van der Waals surface area (Å²) in [6.07, 6.45) is 5.95. The molecular formula is C29H14N8. The van der Waals surface area contributed by atoms with Crippen LogP contribution >= 0.6 is 0 Å². The molecule has 0 aliphatic heterocycles. The predicted molar refractivity (Wildman–Crippen MR) is 139 cm³/mol. The van der Waals surface area contributed by atoms with E-state index in [-0.39, 0.29) is 0 Å². The Balaban J connectivity index is 1.65. The predicted octanol–water partition coefficient (Wildman–Crippen LogP) is 5.99. The largest absolute Gasteiger partial charge is 0.309 e. The lowest BCUT2D eigenvalue weighted by atomic mass is 10.1. The number of aromatic nitrogens is 5. The fourth-order valence-corrected chi connectivity index (χ4v) is 4.40. The van der Waals surface area contributed by atoms with Gasteiger partial charge in [0.25, 0.3) is 0 Å². The summed E-state index contributed by atoms with van der Waals surface area (Å²) in [5.41, 5.74) is 5.48. The average Bonchev–Trinajstić information content (AvgIpc) is 3.30. The van der Waals surface area contributed by atoms with E-state index in [4.69, 9.17) is 11.8 Å². The minimum Gasteiger partial charge on any atom is -0.309 e. The quantitative estimate of drug-likeness (QED) is 0.291. The van der Waals surface area contributed by atoms with Gasteiger partial charge in [-0.1, -0.05) is 24.3 Å². The van der Waals surface area contributed by atoms with E-state index in [1.165, 1.54) is 24.8 Å². The van der Waals surface area contributed by atoms with Gasteiger partial charge in [-0.25, -0.2) is 24.8 Å². The van der Waals surface area contributed by atoms with E-state index in [2.05, 4.69) is 35.4 Å². The van der Waals surface area contributed by atoms with Crippen LogP contribution in [0.25, 0.3) is 55.1 Å². The number of para-hydroxylation sites is 1. The minimum atomic E-state index is 0.361. The van der Waals surface area contributed by atoms with Gasteiger partial charge in [0.05, 0.1) is 34.4 Å². The summed E-state index contributed by atoms with van der Waals surface area (Å²) >= 11 is 0. The van der Waals surface area contributed by atoms with Crippen molar-refractivity contribution in [2.24, 2.45) is 0 Å². The average molecular weight is 474 g/mol. The summed E-state index contributed by atoms with van der Waals surface area (Å²) in [6.45, 7) is 7.46. The molecule has 0 aliphatic carbocycles. The Kier molecular flexibility index (Phi) is 5.08. The number of hydrogen-bond donors (Lipinski definition) is 0. The van der Waals surface area contributed by atoms with Crippen LogP contribution in [0.1, 0.15) is 11.1 Å². The standard InChI is InChI=1S/C29H14N8/c1-32-21-7-9-26-23(11-21)22-4-2-3-5-25(22)37(26)27-8-6-20(28-33-14-18(12-30)15-34-28)10-24(27)29-35-16-19(13-31)17-36-29/h2-11,14-17H. The second-order valence-electron chi connectivity index (χ2n) is 8.21. The molecule has 8 nitrogen and oxygen atoms in total. The van der Waals surface area contributed by atoms with Gasteiger partial charge in [0.15, 0.2) is 17.3 Å². The van der Waals surface area contributed by atoms with Gasteiger partial charge < -0.3 is 4.57 Å². The van der Waals surface area contributed by atoms with Crippen LogP contribution in [0.5, 0.6) is 0 Å². The SMILES string of the molecule is [C-]#[N+]c1ccc2c(c1)c1ccccc1n2-c1ccc(-c2ncc(C#N)cn2)cc1-c1ncc(C#N)cn1. The van der Waals surface area contributed by atoms with Crippen LogP contribution in [0.15, 0.2) is 85.5 Å². The van der Waals surface area contributed by atoms with Crippen LogP contribution in [0, 0.1) is 29.2 Å². The summed E-state index contributed by atoms with van der Waals surface area (Å²) in [5, 5.41) is 20.3. The third kappa shape index (κ3) is 3.61. The Bertz CT molecular complexity index is 1950. The Hall–Kier alpha value is -5.91. The maximum Gasteiger partial charge on any atom is 0.188 e. The third-order valence-corrected chi connectivity index (χ3v) is 6.08. The highest BCUT2D eigenvalue weighted by Gasteiger charge is 2.18. The van der Waals surface area contributed by atoms with Gasteiger partial charge in [0, 0.05) is 41.3 Å². The second kappa shape index (κ2) is 8.70. The van der Waals surface area contributed by atoms with Crippen molar-refractivity contribution in [1.29, 1.82) is 10.5 Å². The second-order valence-corrected chi connectivity index (χ2v) is 8.21. The number of rotatable bonds is 3. The molecule has 37 heavy (non-hydrogen) atoms. The van der Waals surface area contributed by atoms with E-state index in [9.17, 15) is 5.26 Å². The van der Waals surface area contributed by atoms with Crippen LogP contribution in [-0.2, 0) is 0 Å². The number of nitrogens with zero attached hydrogens (tertiary/aromatic N) is 8. The molecular weight excluding hydrogens is 460 g/mol. The van der Waals surface area contributed by atoms with Crippen LogP contribution in [-0.4, -0.2) is 24.5 Å². The fourth-order valence-electron chi connectivity index (χ4n) is 4.40. The molecule has 0 spiro atoms. The van der Waals surface area contributed by atoms with Gasteiger partial charge in [-0.3, -0.25) is 0 Å². The summed E-state index contributed by atoms with van der Waals surface area (Å²) in [6, 6.07) is 23.6. The summed E-state index contributed by atoms with van der Waals surface area (Å²) in [4.78, 5) is 21.2. The van der Waals surface area contributed by atoms with E-state index in [0.29, 0.717) is 34.0 Å². The Morgan fingerprint density at radius 1 is 0.703 bits per heavy atom. The zero-order valence-electron chi connectivity index (χ0n) is 19.2. The number of hydrogen-bond acceptors (Lipinski definition) is 6. The Labute approximate surface area is 211 Å². The lowest BCUT2D eigenvalue weighted by Crippen LogP contribution is -2.01. The summed E-state index contributed by atoms with van der Waals surface area (Å²) < 4.78 is 2.12. The van der Waals surface area contributed by atoms with E-state index in [1.807, 2.05) is 66.7 Å². The fraction of sp³-hybridized carbons (Fsp3) is 0. The van der Waals surface area contributed by atoms with E-state index in [0.717, 1.165) is 33.1 Å². The van der Waals surface area contributed by atoms with Gasteiger partial charge >= 0.3 is 0 Å². The van der Waals surface area contributed by atoms with E-state index in [1.54, 1.807) is 0 Å². The molecule has 3 aromatic carbocycles. The zero-order chi connectivity index (χ0) is 25.4. The molecule has 170 valence electrons. The molecule has 0 amide bonds. The van der Waals surface area contributed by atoms with Crippen molar-refractivity contribution >= 4 is 27.5 Å². The summed E-state index contributed by atoms with van der Waals surface area (Å²) in [7, 11) is 0. The first-order chi connectivity index (χ1) is 18.2. The molecule has 0 saturated carbocycles. The topological polar surface area (TPSA) is 108 Å². The van der Waals surface area contributed by atoms with E-state index < -0.39 is 0 Å². The highest BCUT2D eigenvalue weighted by Crippen LogP contribution is 2.38. The number of nitriles is 2. The van der Waals surface area contributed by atoms with Crippen molar-refractivity contribution in [3.05, 3.63) is 108 Å². The van der Waals surface area contributed by atoms with Crippen molar-refractivity contribution in [2.45, 2.75) is 0 Å². The molecule has 0 aliphatic rings. The van der Waals surface area contributed by atoms with Gasteiger partial charge in [-0.15, -0.1) is 0 Å². The van der Waals surface area contributed by atoms with Crippen molar-refractivity contribution in [3.63, 3.8) is 0 Å². The highest BCUT2D eigenvalue weighted by molar-refractivity contribution is 6.10. The van der Waals surface area contributed by atoms with Crippen molar-refractivity contribution in [1.82, 2.24) is 24.5 Å². The Morgan fingerprint density at radius 3 is 2.03 bits per heavy atom. The normalized spacial score (nSPS) is 10.6. The Morgan fingerprint density at radius 2 is 1.35 bits per heavy atom. The first-order valence-electron chi connectivity index (χ1n) is 11.2. The molecule has 3 heterocycles. The van der Waals surface area contributed by atoms with Gasteiger partial charge in [-0.2, -0.15) is 10.5 Å². The molecule has 0 radical (unpaired) electrons. The molecule has 6 rings (SSSR count). The van der Waals surface area contributed by atoms with Gasteiger partial charge in [0.1, 0.15) is 12.1 Å². The lowest BCUT2D eigenvalue weighted by Gasteiger charge is -2.14. The molecule has 0 N–H and O–H groups in total. The molecule has 6 aromatic rings. The first kappa shape index (κ1) is 21.6. The van der Waals surface area contributed by atoms with Crippen LogP contribution in [0.3, 0.4) is 0 Å². The first-order valence-corrected chi connectivity index (χ1v) is 11.2. The lowest BCUT2D eigenvalue weighted by molar-refractivity contribution is 1.12. The van der Waals surface area contributed by atoms with E-state index >= 15 is 0 Å². The molecule has 0 unspecified atom stereocenters. The molecule has 0 atom stereocenters. The monoisotopic (exact) mass is 474 g/mol. The number of benzene rings is 3. The van der Waals surface area contributed by atoms with Gasteiger partial charge in [-0.05, 0) is 41.8 Å². The van der Waals surface area contributed by atoms with Crippen molar-refractivity contribution < 1.29 is 0 Å².